The van der Waals surface area contributed by atoms with E-state index in [1.165, 1.54) is 12.1 Å². The van der Waals surface area contributed by atoms with Crippen LogP contribution >= 0.6 is 0 Å². The molecule has 0 saturated heterocycles. The zero-order chi connectivity index (χ0) is 14.4. The molecule has 4 heteroatoms. The van der Waals surface area contributed by atoms with E-state index in [-0.39, 0.29) is 11.4 Å². The Balaban J connectivity index is 2.20. The van der Waals surface area contributed by atoms with Crippen molar-refractivity contribution in [3.8, 4) is 11.4 Å². The van der Waals surface area contributed by atoms with E-state index in [1.807, 2.05) is 30.3 Å². The molecule has 0 bridgehead atoms. The van der Waals surface area contributed by atoms with Gasteiger partial charge in [-0.1, -0.05) is 18.2 Å². The summed E-state index contributed by atoms with van der Waals surface area (Å²) in [5.74, 6) is 0.228. The van der Waals surface area contributed by atoms with E-state index in [0.29, 0.717) is 29.9 Å². The van der Waals surface area contributed by atoms with Crippen molar-refractivity contribution in [2.45, 2.75) is 6.42 Å². The summed E-state index contributed by atoms with van der Waals surface area (Å²) in [6, 6.07) is 13.7. The lowest BCUT2D eigenvalue weighted by atomic mass is 10.1. The van der Waals surface area contributed by atoms with E-state index in [9.17, 15) is 9.18 Å². The zero-order valence-electron chi connectivity index (χ0n) is 11.2. The van der Waals surface area contributed by atoms with Crippen LogP contribution in [0.2, 0.25) is 0 Å². The molecule has 104 valence electrons. The quantitative estimate of drug-likeness (QED) is 0.686. The fraction of sp³-hybridized carbons (Fsp3) is 0.118. The molecule has 1 aliphatic rings. The van der Waals surface area contributed by atoms with Crippen LogP contribution in [0.1, 0.15) is 5.56 Å². The molecule has 0 fully saturated rings. The predicted molar refractivity (Wildman–Crippen MR) is 78.7 cm³/mol. The Labute approximate surface area is 120 Å². The number of hydrogen-bond acceptors (Lipinski definition) is 2. The van der Waals surface area contributed by atoms with Crippen molar-refractivity contribution in [3.63, 3.8) is 0 Å². The van der Waals surface area contributed by atoms with Crippen LogP contribution in [0.25, 0.3) is 16.6 Å². The molecule has 0 atom stereocenters. The van der Waals surface area contributed by atoms with Gasteiger partial charge in [0.1, 0.15) is 11.6 Å². The van der Waals surface area contributed by atoms with Gasteiger partial charge in [-0.3, -0.25) is 9.36 Å². The summed E-state index contributed by atoms with van der Waals surface area (Å²) in [5, 5.41) is 0.771. The number of hydrogen-bond donors (Lipinski definition) is 0. The lowest BCUT2D eigenvalue weighted by molar-refractivity contribution is 0.360. The first-order valence-electron chi connectivity index (χ1n) is 6.81. The minimum Gasteiger partial charge on any atom is -0.492 e. The number of pyridine rings is 1. The van der Waals surface area contributed by atoms with Gasteiger partial charge in [-0.25, -0.2) is 4.39 Å². The van der Waals surface area contributed by atoms with Gasteiger partial charge in [0.15, 0.2) is 0 Å². The van der Waals surface area contributed by atoms with Gasteiger partial charge in [0, 0.05) is 17.5 Å². The van der Waals surface area contributed by atoms with Gasteiger partial charge >= 0.3 is 0 Å². The lowest BCUT2D eigenvalue weighted by Gasteiger charge is -2.13. The molecular weight excluding hydrogens is 269 g/mol. The van der Waals surface area contributed by atoms with Crippen LogP contribution in [0.15, 0.2) is 53.3 Å². The van der Waals surface area contributed by atoms with Crippen LogP contribution in [0, 0.1) is 5.82 Å². The summed E-state index contributed by atoms with van der Waals surface area (Å²) in [5.41, 5.74) is 1.80. The van der Waals surface area contributed by atoms with Crippen molar-refractivity contribution in [1.82, 2.24) is 4.57 Å². The number of para-hydroxylation sites is 1. The minimum atomic E-state index is -0.371. The highest BCUT2D eigenvalue weighted by atomic mass is 19.1. The molecule has 2 aromatic carbocycles. The van der Waals surface area contributed by atoms with Gasteiger partial charge in [0.05, 0.1) is 17.7 Å². The van der Waals surface area contributed by atoms with Gasteiger partial charge in [-0.2, -0.15) is 0 Å². The van der Waals surface area contributed by atoms with E-state index in [1.54, 1.807) is 10.6 Å². The second kappa shape index (κ2) is 4.45. The molecule has 1 aliphatic heterocycles. The number of halogens is 1. The van der Waals surface area contributed by atoms with Gasteiger partial charge < -0.3 is 4.74 Å². The number of aromatic nitrogens is 1. The third kappa shape index (κ3) is 1.76. The molecule has 0 radical (unpaired) electrons. The SMILES string of the molecule is O=c1c2c(c3ccc(F)cc3n1-c1ccccc1)OCC2. The molecule has 4 rings (SSSR count). The fourth-order valence-corrected chi connectivity index (χ4v) is 2.86. The first-order valence-corrected chi connectivity index (χ1v) is 6.81. The van der Waals surface area contributed by atoms with E-state index in [0.717, 1.165) is 11.1 Å². The Morgan fingerprint density at radius 3 is 2.71 bits per heavy atom. The average molecular weight is 281 g/mol. The fourth-order valence-electron chi connectivity index (χ4n) is 2.86. The summed E-state index contributed by atoms with van der Waals surface area (Å²) >= 11 is 0. The summed E-state index contributed by atoms with van der Waals surface area (Å²) in [4.78, 5) is 12.7. The van der Waals surface area contributed by atoms with Crippen LogP contribution in [-0.4, -0.2) is 11.2 Å². The van der Waals surface area contributed by atoms with E-state index < -0.39 is 0 Å². The average Bonchev–Trinajstić information content (AvgIpc) is 2.98. The molecule has 3 nitrogen and oxygen atoms in total. The van der Waals surface area contributed by atoms with Crippen LogP contribution in [0.5, 0.6) is 5.75 Å². The smallest absolute Gasteiger partial charge is 0.262 e. The van der Waals surface area contributed by atoms with Crippen molar-refractivity contribution in [1.29, 1.82) is 0 Å². The standard InChI is InChI=1S/C17H12FNO2/c18-11-6-7-13-15(10-11)19(12-4-2-1-3-5-12)17(20)14-8-9-21-16(13)14/h1-7,10H,8-9H2. The number of nitrogens with zero attached hydrogens (tertiary/aromatic N) is 1. The van der Waals surface area contributed by atoms with Crippen LogP contribution < -0.4 is 10.3 Å². The summed E-state index contributed by atoms with van der Waals surface area (Å²) in [7, 11) is 0. The van der Waals surface area contributed by atoms with Crippen LogP contribution in [0.3, 0.4) is 0 Å². The van der Waals surface area contributed by atoms with Crippen LogP contribution in [-0.2, 0) is 6.42 Å². The summed E-state index contributed by atoms with van der Waals surface area (Å²) in [6.07, 6.45) is 0.592. The van der Waals surface area contributed by atoms with Crippen molar-refractivity contribution < 1.29 is 9.13 Å². The molecule has 0 unspecified atom stereocenters. The molecule has 2 heterocycles. The van der Waals surface area contributed by atoms with E-state index in [2.05, 4.69) is 0 Å². The Morgan fingerprint density at radius 2 is 1.90 bits per heavy atom. The molecule has 21 heavy (non-hydrogen) atoms. The van der Waals surface area contributed by atoms with E-state index >= 15 is 0 Å². The first kappa shape index (κ1) is 12.1. The highest BCUT2D eigenvalue weighted by molar-refractivity contribution is 5.88. The number of rotatable bonds is 1. The van der Waals surface area contributed by atoms with E-state index in [4.69, 9.17) is 4.74 Å². The Morgan fingerprint density at radius 1 is 1.10 bits per heavy atom. The van der Waals surface area contributed by atoms with Gasteiger partial charge in [0.25, 0.3) is 5.56 Å². The predicted octanol–water partition coefficient (Wildman–Crippen LogP) is 3.06. The highest BCUT2D eigenvalue weighted by Crippen LogP contribution is 2.33. The van der Waals surface area contributed by atoms with Crippen molar-refractivity contribution in [3.05, 3.63) is 70.3 Å². The molecular formula is C17H12FNO2. The third-order valence-corrected chi connectivity index (χ3v) is 3.79. The number of fused-ring (bicyclic) bond motifs is 3. The van der Waals surface area contributed by atoms with Crippen molar-refractivity contribution in [2.75, 3.05) is 6.61 Å². The topological polar surface area (TPSA) is 31.2 Å². The normalized spacial score (nSPS) is 13.2. The van der Waals surface area contributed by atoms with Crippen LogP contribution in [0.4, 0.5) is 4.39 Å². The maximum Gasteiger partial charge on any atom is 0.262 e. The maximum absolute atomic E-state index is 13.7. The monoisotopic (exact) mass is 281 g/mol. The van der Waals surface area contributed by atoms with Gasteiger partial charge in [0.2, 0.25) is 0 Å². The van der Waals surface area contributed by atoms with Gasteiger partial charge in [-0.05, 0) is 30.3 Å². The lowest BCUT2D eigenvalue weighted by Crippen LogP contribution is -2.22. The molecule has 0 N–H and O–H groups in total. The second-order valence-corrected chi connectivity index (χ2v) is 5.04. The largest absolute Gasteiger partial charge is 0.492 e. The van der Waals surface area contributed by atoms with Gasteiger partial charge in [-0.15, -0.1) is 0 Å². The Bertz CT molecular complexity index is 900. The number of ether oxygens (including phenoxy) is 1. The van der Waals surface area contributed by atoms with Crippen molar-refractivity contribution >= 4 is 10.9 Å². The Hall–Kier alpha value is -2.62. The summed E-state index contributed by atoms with van der Waals surface area (Å²) in [6.45, 7) is 0.496. The molecule has 0 amide bonds. The highest BCUT2D eigenvalue weighted by Gasteiger charge is 2.23. The molecule has 1 aromatic heterocycles. The minimum absolute atomic E-state index is 0.133. The molecule has 0 saturated carbocycles. The molecule has 0 aliphatic carbocycles. The summed E-state index contributed by atoms with van der Waals surface area (Å²) < 4.78 is 20.8. The zero-order valence-corrected chi connectivity index (χ0v) is 11.2. The maximum atomic E-state index is 13.7. The second-order valence-electron chi connectivity index (χ2n) is 5.04. The third-order valence-electron chi connectivity index (χ3n) is 3.79. The Kier molecular flexibility index (Phi) is 2.57. The molecule has 0 spiro atoms. The van der Waals surface area contributed by atoms with Crippen molar-refractivity contribution in [2.24, 2.45) is 0 Å². The number of benzene rings is 2. The molecule has 3 aromatic rings. The first-order chi connectivity index (χ1) is 10.3.